The Bertz CT molecular complexity index is 174. The van der Waals surface area contributed by atoms with E-state index < -0.39 is 0 Å². The molecule has 0 N–H and O–H groups in total. The van der Waals surface area contributed by atoms with Crippen LogP contribution in [-0.2, 0) is 9.47 Å². The highest BCUT2D eigenvalue weighted by Gasteiger charge is 2.36. The number of rotatable bonds is 4. The molecule has 79 valence electrons. The van der Waals surface area contributed by atoms with E-state index in [1.54, 1.807) is 5.92 Å². The predicted octanol–water partition coefficient (Wildman–Crippen LogP) is 2.33. The molecule has 1 saturated carbocycles. The average Bonchev–Trinajstić information content (AvgIpc) is 3.01. The number of hydrogen-bond acceptors (Lipinski definition) is 2. The summed E-state index contributed by atoms with van der Waals surface area (Å²) in [6, 6.07) is 0. The van der Waals surface area contributed by atoms with Crippen LogP contribution in [0.5, 0.6) is 0 Å². The van der Waals surface area contributed by atoms with Gasteiger partial charge in [-0.2, -0.15) is 0 Å². The second kappa shape index (κ2) is 3.82. The number of ether oxygens (including phenoxy) is 2. The van der Waals surface area contributed by atoms with Crippen molar-refractivity contribution >= 4 is 0 Å². The third kappa shape index (κ3) is 2.29. The van der Waals surface area contributed by atoms with Crippen LogP contribution in [-0.4, -0.2) is 25.4 Å². The normalized spacial score (nSPS) is 42.4. The zero-order valence-electron chi connectivity index (χ0n) is 8.71. The molecule has 0 spiro atoms. The summed E-state index contributed by atoms with van der Waals surface area (Å²) in [4.78, 5) is 0. The highest BCUT2D eigenvalue weighted by atomic mass is 16.6. The van der Waals surface area contributed by atoms with Crippen LogP contribution in [0.15, 0.2) is 0 Å². The Morgan fingerprint density at radius 3 is 2.57 bits per heavy atom. The van der Waals surface area contributed by atoms with E-state index in [-0.39, 0.29) is 0 Å². The molecule has 2 heterocycles. The van der Waals surface area contributed by atoms with Crippen LogP contribution >= 0.6 is 0 Å². The Morgan fingerprint density at radius 2 is 1.86 bits per heavy atom. The fourth-order valence-corrected chi connectivity index (χ4v) is 2.70. The van der Waals surface area contributed by atoms with Crippen molar-refractivity contribution in [1.82, 2.24) is 0 Å². The molecule has 2 heteroatoms. The molecule has 2 aliphatic heterocycles. The lowest BCUT2D eigenvalue weighted by atomic mass is 9.75. The molecule has 0 amide bonds. The molecule has 0 aromatic rings. The van der Waals surface area contributed by atoms with Gasteiger partial charge in [-0.05, 0) is 37.5 Å². The molecule has 3 rings (SSSR count). The highest BCUT2D eigenvalue weighted by molar-refractivity contribution is 5.03. The van der Waals surface area contributed by atoms with E-state index in [2.05, 4.69) is 0 Å². The Kier molecular flexibility index (Phi) is 2.50. The Hall–Kier alpha value is -0.0800. The molecule has 3 aliphatic rings. The molecule has 0 bridgehead atoms. The van der Waals surface area contributed by atoms with E-state index in [1.807, 2.05) is 0 Å². The van der Waals surface area contributed by atoms with Crippen LogP contribution in [0.4, 0.5) is 0 Å². The fourth-order valence-electron chi connectivity index (χ4n) is 2.70. The molecule has 3 atom stereocenters. The summed E-state index contributed by atoms with van der Waals surface area (Å²) in [6.07, 6.45) is 9.33. The molecular weight excluding hydrogens is 176 g/mol. The molecule has 2 nitrogen and oxygen atoms in total. The minimum atomic E-state index is 0.589. The van der Waals surface area contributed by atoms with Crippen molar-refractivity contribution in [3.05, 3.63) is 5.92 Å². The minimum Gasteiger partial charge on any atom is -0.373 e. The lowest BCUT2D eigenvalue weighted by Crippen LogP contribution is -2.20. The number of epoxide rings is 2. The monoisotopic (exact) mass is 195 g/mol. The summed E-state index contributed by atoms with van der Waals surface area (Å²) in [7, 11) is 0. The van der Waals surface area contributed by atoms with Gasteiger partial charge in [0.2, 0.25) is 0 Å². The van der Waals surface area contributed by atoms with Gasteiger partial charge in [0.1, 0.15) is 0 Å². The van der Waals surface area contributed by atoms with Gasteiger partial charge in [0.15, 0.2) is 0 Å². The summed E-state index contributed by atoms with van der Waals surface area (Å²) >= 11 is 0. The smallest absolute Gasteiger partial charge is 0.0815 e. The van der Waals surface area contributed by atoms with E-state index in [0.29, 0.717) is 12.2 Å². The largest absolute Gasteiger partial charge is 0.373 e. The molecule has 0 aromatic heterocycles. The van der Waals surface area contributed by atoms with Gasteiger partial charge < -0.3 is 9.47 Å². The summed E-state index contributed by atoms with van der Waals surface area (Å²) in [5.41, 5.74) is 0. The lowest BCUT2D eigenvalue weighted by molar-refractivity contribution is 0.291. The van der Waals surface area contributed by atoms with Crippen molar-refractivity contribution < 1.29 is 9.47 Å². The molecular formula is C12H19O2. The maximum Gasteiger partial charge on any atom is 0.0815 e. The Morgan fingerprint density at radius 1 is 1.07 bits per heavy atom. The fraction of sp³-hybridized carbons (Fsp3) is 0.917. The van der Waals surface area contributed by atoms with Crippen LogP contribution in [0.1, 0.15) is 38.5 Å². The first-order valence-electron chi connectivity index (χ1n) is 5.99. The van der Waals surface area contributed by atoms with E-state index in [0.717, 1.165) is 19.1 Å². The van der Waals surface area contributed by atoms with Crippen LogP contribution in [0.25, 0.3) is 0 Å². The zero-order valence-corrected chi connectivity index (χ0v) is 8.71. The van der Waals surface area contributed by atoms with Crippen LogP contribution < -0.4 is 0 Å². The molecule has 3 unspecified atom stereocenters. The quantitative estimate of drug-likeness (QED) is 0.643. The summed E-state index contributed by atoms with van der Waals surface area (Å²) in [5, 5.41) is 0. The molecule has 14 heavy (non-hydrogen) atoms. The number of hydrogen-bond donors (Lipinski definition) is 0. The van der Waals surface area contributed by atoms with Crippen molar-refractivity contribution in [2.24, 2.45) is 5.92 Å². The van der Waals surface area contributed by atoms with E-state index >= 15 is 0 Å². The van der Waals surface area contributed by atoms with Gasteiger partial charge in [-0.1, -0.05) is 12.8 Å². The van der Waals surface area contributed by atoms with Crippen molar-refractivity contribution in [1.29, 1.82) is 0 Å². The van der Waals surface area contributed by atoms with Gasteiger partial charge in [0.05, 0.1) is 25.4 Å². The van der Waals surface area contributed by atoms with Crippen LogP contribution in [0.3, 0.4) is 0 Å². The van der Waals surface area contributed by atoms with Crippen molar-refractivity contribution in [2.75, 3.05) is 13.2 Å². The van der Waals surface area contributed by atoms with Crippen LogP contribution in [0.2, 0.25) is 0 Å². The summed E-state index contributed by atoms with van der Waals surface area (Å²) < 4.78 is 10.7. The molecule has 0 aromatic carbocycles. The Balaban J connectivity index is 1.52. The first kappa shape index (κ1) is 9.17. The second-order valence-electron chi connectivity index (χ2n) is 4.95. The van der Waals surface area contributed by atoms with Gasteiger partial charge in [-0.15, -0.1) is 0 Å². The average molecular weight is 195 g/mol. The first-order valence-corrected chi connectivity index (χ1v) is 5.99. The molecule has 3 fully saturated rings. The van der Waals surface area contributed by atoms with E-state index in [9.17, 15) is 0 Å². The highest BCUT2D eigenvalue weighted by Crippen LogP contribution is 2.41. The third-order valence-electron chi connectivity index (χ3n) is 3.72. The van der Waals surface area contributed by atoms with Crippen molar-refractivity contribution in [2.45, 2.75) is 50.7 Å². The van der Waals surface area contributed by atoms with Gasteiger partial charge in [-0.25, -0.2) is 0 Å². The van der Waals surface area contributed by atoms with Crippen molar-refractivity contribution in [3.8, 4) is 0 Å². The Labute approximate surface area is 86.0 Å². The minimum absolute atomic E-state index is 0.589. The van der Waals surface area contributed by atoms with Gasteiger partial charge in [0.25, 0.3) is 0 Å². The maximum atomic E-state index is 5.34. The van der Waals surface area contributed by atoms with E-state index in [4.69, 9.17) is 9.47 Å². The maximum absolute atomic E-state index is 5.34. The first-order chi connectivity index (χ1) is 6.92. The van der Waals surface area contributed by atoms with Gasteiger partial charge >= 0.3 is 0 Å². The predicted molar refractivity (Wildman–Crippen MR) is 53.9 cm³/mol. The summed E-state index contributed by atoms with van der Waals surface area (Å²) in [6.45, 7) is 2.03. The van der Waals surface area contributed by atoms with Crippen LogP contribution in [0, 0.1) is 11.8 Å². The SMILES string of the molecule is C1CCC(CC2CO2)[C](CC2CO2)C1. The third-order valence-corrected chi connectivity index (χ3v) is 3.72. The van der Waals surface area contributed by atoms with Gasteiger partial charge in [-0.3, -0.25) is 0 Å². The van der Waals surface area contributed by atoms with E-state index in [1.165, 1.54) is 38.5 Å². The second-order valence-corrected chi connectivity index (χ2v) is 4.95. The summed E-state index contributed by atoms with van der Waals surface area (Å²) in [5.74, 6) is 2.65. The van der Waals surface area contributed by atoms with Crippen molar-refractivity contribution in [3.63, 3.8) is 0 Å². The van der Waals surface area contributed by atoms with Gasteiger partial charge in [0, 0.05) is 0 Å². The lowest BCUT2D eigenvalue weighted by Gasteiger charge is -2.30. The molecule has 2 saturated heterocycles. The molecule has 1 aliphatic carbocycles. The molecule has 1 radical (unpaired) electrons. The zero-order chi connectivity index (χ0) is 9.38. The standard InChI is InChI=1S/C12H19O2/c1-2-4-10(6-12-8-14-12)9(3-1)5-11-7-13-11/h9,11-12H,1-8H2. The topological polar surface area (TPSA) is 25.1 Å².